The van der Waals surface area contributed by atoms with Crippen molar-refractivity contribution in [1.82, 2.24) is 10.2 Å². The van der Waals surface area contributed by atoms with Crippen LogP contribution in [0.5, 0.6) is 0 Å². The molecule has 1 aliphatic rings. The maximum atomic E-state index is 6.29. The molecule has 0 fully saturated rings. The second kappa shape index (κ2) is 11.0. The van der Waals surface area contributed by atoms with Crippen molar-refractivity contribution in [3.05, 3.63) is 192 Å². The highest BCUT2D eigenvalue weighted by atomic mass is 32.1. The van der Waals surface area contributed by atoms with Gasteiger partial charge in [-0.2, -0.15) is 0 Å². The van der Waals surface area contributed by atoms with Gasteiger partial charge in [0, 0.05) is 31.3 Å². The first kappa shape index (κ1) is 28.0. The number of benzene rings is 7. The predicted octanol–water partition coefficient (Wildman–Crippen LogP) is 11.8. The van der Waals surface area contributed by atoms with E-state index in [0.717, 1.165) is 11.1 Å². The average molecular weight is 645 g/mol. The molecule has 2 aromatic heterocycles. The molecular weight excluding hydrogens is 617 g/mol. The molecule has 49 heavy (non-hydrogen) atoms. The molecule has 0 amide bonds. The van der Waals surface area contributed by atoms with Crippen LogP contribution >= 0.6 is 11.3 Å². The van der Waals surface area contributed by atoms with Crippen LogP contribution in [0.4, 0.5) is 0 Å². The minimum atomic E-state index is -0.574. The van der Waals surface area contributed by atoms with Gasteiger partial charge in [-0.3, -0.25) is 0 Å². The van der Waals surface area contributed by atoms with Crippen LogP contribution in [0.2, 0.25) is 0 Å². The molecule has 1 aliphatic carbocycles. The van der Waals surface area contributed by atoms with E-state index in [9.17, 15) is 0 Å². The Labute approximate surface area is 287 Å². The van der Waals surface area contributed by atoms with Gasteiger partial charge in [0.1, 0.15) is 0 Å². The normalized spacial score (nSPS) is 13.1. The Bertz CT molecular complexity index is 2620. The summed E-state index contributed by atoms with van der Waals surface area (Å²) in [6.45, 7) is 0. The van der Waals surface area contributed by atoms with Gasteiger partial charge < -0.3 is 4.42 Å². The van der Waals surface area contributed by atoms with Gasteiger partial charge in [0.2, 0.25) is 11.8 Å². The van der Waals surface area contributed by atoms with Crippen molar-refractivity contribution in [1.29, 1.82) is 0 Å². The van der Waals surface area contributed by atoms with Crippen molar-refractivity contribution >= 4 is 31.5 Å². The Morgan fingerprint density at radius 2 is 0.980 bits per heavy atom. The van der Waals surface area contributed by atoms with Crippen LogP contribution in [0.1, 0.15) is 22.3 Å². The molecular formula is C45H28N2OS. The second-order valence-corrected chi connectivity index (χ2v) is 13.6. The zero-order valence-corrected chi connectivity index (χ0v) is 27.2. The molecule has 3 nitrogen and oxygen atoms in total. The number of hydrogen-bond acceptors (Lipinski definition) is 4. The van der Waals surface area contributed by atoms with Crippen molar-refractivity contribution in [2.24, 2.45) is 0 Å². The molecule has 0 spiro atoms. The summed E-state index contributed by atoms with van der Waals surface area (Å²) in [5.41, 5.74) is 11.0. The number of rotatable bonds is 5. The van der Waals surface area contributed by atoms with Crippen LogP contribution in [-0.4, -0.2) is 10.2 Å². The quantitative estimate of drug-likeness (QED) is 0.187. The highest BCUT2D eigenvalue weighted by Crippen LogP contribution is 2.57. The number of aromatic nitrogens is 2. The molecule has 0 saturated carbocycles. The smallest absolute Gasteiger partial charge is 0.248 e. The lowest BCUT2D eigenvalue weighted by atomic mass is 9.67. The number of hydrogen-bond donors (Lipinski definition) is 0. The van der Waals surface area contributed by atoms with E-state index in [0.29, 0.717) is 11.8 Å². The molecule has 0 saturated heterocycles. The maximum absolute atomic E-state index is 6.29. The monoisotopic (exact) mass is 644 g/mol. The zero-order valence-electron chi connectivity index (χ0n) is 26.4. The molecule has 0 aliphatic heterocycles. The van der Waals surface area contributed by atoms with Crippen molar-refractivity contribution in [2.75, 3.05) is 0 Å². The third kappa shape index (κ3) is 4.21. The molecule has 10 rings (SSSR count). The van der Waals surface area contributed by atoms with Crippen LogP contribution in [0.25, 0.3) is 65.3 Å². The first-order valence-electron chi connectivity index (χ1n) is 16.5. The Kier molecular flexibility index (Phi) is 6.27. The lowest BCUT2D eigenvalue weighted by Crippen LogP contribution is -2.28. The summed E-state index contributed by atoms with van der Waals surface area (Å²) < 4.78 is 8.92. The molecule has 0 unspecified atom stereocenters. The van der Waals surface area contributed by atoms with Gasteiger partial charge in [0.05, 0.1) is 5.41 Å². The van der Waals surface area contributed by atoms with E-state index in [4.69, 9.17) is 4.42 Å². The van der Waals surface area contributed by atoms with E-state index < -0.39 is 5.41 Å². The number of thiophene rings is 1. The Balaban J connectivity index is 1.23. The third-order valence-electron chi connectivity index (χ3n) is 9.96. The highest BCUT2D eigenvalue weighted by Gasteiger charge is 2.46. The fourth-order valence-corrected chi connectivity index (χ4v) is 9.04. The minimum Gasteiger partial charge on any atom is -0.416 e. The predicted molar refractivity (Wildman–Crippen MR) is 201 cm³/mol. The molecule has 9 aromatic rings. The van der Waals surface area contributed by atoms with Crippen molar-refractivity contribution in [3.8, 4) is 45.2 Å². The van der Waals surface area contributed by atoms with Crippen LogP contribution in [0.3, 0.4) is 0 Å². The van der Waals surface area contributed by atoms with Crippen LogP contribution in [-0.2, 0) is 5.41 Å². The lowest BCUT2D eigenvalue weighted by Gasteiger charge is -2.34. The molecule has 230 valence electrons. The third-order valence-corrected chi connectivity index (χ3v) is 11.2. The van der Waals surface area contributed by atoms with E-state index in [2.05, 4.69) is 150 Å². The molecule has 2 heterocycles. The first-order valence-corrected chi connectivity index (χ1v) is 17.3. The Morgan fingerprint density at radius 3 is 1.67 bits per heavy atom. The summed E-state index contributed by atoms with van der Waals surface area (Å²) in [4.78, 5) is 0. The molecule has 0 N–H and O–H groups in total. The van der Waals surface area contributed by atoms with Gasteiger partial charge >= 0.3 is 0 Å². The van der Waals surface area contributed by atoms with Gasteiger partial charge in [-0.15, -0.1) is 21.5 Å². The van der Waals surface area contributed by atoms with Crippen molar-refractivity contribution < 1.29 is 4.42 Å². The van der Waals surface area contributed by atoms with Gasteiger partial charge in [-0.25, -0.2) is 0 Å². The molecule has 4 heteroatoms. The minimum absolute atomic E-state index is 0.504. The largest absolute Gasteiger partial charge is 0.416 e. The topological polar surface area (TPSA) is 38.9 Å². The van der Waals surface area contributed by atoms with E-state index in [1.54, 1.807) is 0 Å². The summed E-state index contributed by atoms with van der Waals surface area (Å²) in [5.74, 6) is 1.02. The van der Waals surface area contributed by atoms with E-state index in [-0.39, 0.29) is 0 Å². The van der Waals surface area contributed by atoms with Crippen LogP contribution < -0.4 is 0 Å². The maximum Gasteiger partial charge on any atom is 0.248 e. The summed E-state index contributed by atoms with van der Waals surface area (Å²) in [6.07, 6.45) is 0. The highest BCUT2D eigenvalue weighted by molar-refractivity contribution is 7.26. The van der Waals surface area contributed by atoms with Gasteiger partial charge in [-0.05, 0) is 80.9 Å². The second-order valence-electron chi connectivity index (χ2n) is 12.6. The number of fused-ring (bicyclic) bond motifs is 6. The summed E-state index contributed by atoms with van der Waals surface area (Å²) in [7, 11) is 0. The number of nitrogens with zero attached hydrogens (tertiary/aromatic N) is 2. The van der Waals surface area contributed by atoms with Crippen LogP contribution in [0, 0.1) is 0 Å². The molecule has 7 aromatic carbocycles. The molecule has 0 atom stereocenters. The Hall–Kier alpha value is -6.10. The van der Waals surface area contributed by atoms with Crippen molar-refractivity contribution in [3.63, 3.8) is 0 Å². The first-order chi connectivity index (χ1) is 24.3. The van der Waals surface area contributed by atoms with Gasteiger partial charge in [0.25, 0.3) is 0 Å². The lowest BCUT2D eigenvalue weighted by molar-refractivity contribution is 0.584. The van der Waals surface area contributed by atoms with E-state index >= 15 is 0 Å². The zero-order chi connectivity index (χ0) is 32.4. The summed E-state index contributed by atoms with van der Waals surface area (Å²) in [6, 6.07) is 60.9. The van der Waals surface area contributed by atoms with E-state index in [1.807, 2.05) is 41.7 Å². The molecule has 0 radical (unpaired) electrons. The SMILES string of the molecule is c1ccc(-c2nnc(-c3ccc4c(c3)C(c3ccccc3)(c3ccccc3)c3cc(-c5cccc6c5sc5ccccc56)ccc3-4)o2)cc1. The fraction of sp³-hybridized carbons (Fsp3) is 0.0222. The van der Waals surface area contributed by atoms with Gasteiger partial charge in [0.15, 0.2) is 0 Å². The van der Waals surface area contributed by atoms with Crippen LogP contribution in [0.15, 0.2) is 174 Å². The summed E-state index contributed by atoms with van der Waals surface area (Å²) in [5, 5.41) is 11.5. The average Bonchev–Trinajstić information content (AvgIpc) is 3.89. The molecule has 0 bridgehead atoms. The Morgan fingerprint density at radius 1 is 0.429 bits per heavy atom. The standard InChI is InChI=1S/C45H28N2OS/c1-4-13-29(14-5-1)43-46-47-44(48-43)31-24-26-36-35-25-23-30(34-20-12-21-38-37-19-10-11-22-41(37)49-42(34)38)27-39(35)45(40(36)28-31,32-15-6-2-7-16-32)33-17-8-3-9-18-33/h1-28H. The van der Waals surface area contributed by atoms with Gasteiger partial charge in [-0.1, -0.05) is 133 Å². The van der Waals surface area contributed by atoms with Crippen molar-refractivity contribution in [2.45, 2.75) is 5.41 Å². The summed E-state index contributed by atoms with van der Waals surface area (Å²) >= 11 is 1.87. The van der Waals surface area contributed by atoms with E-state index in [1.165, 1.54) is 64.7 Å². The fourth-order valence-electron chi connectivity index (χ4n) is 7.80.